The van der Waals surface area contributed by atoms with E-state index >= 15 is 0 Å². The molecule has 5 fully saturated rings. The van der Waals surface area contributed by atoms with Gasteiger partial charge in [0.25, 0.3) is 0 Å². The van der Waals surface area contributed by atoms with Gasteiger partial charge in [-0.3, -0.25) is 28.8 Å². The number of aliphatic hydroxyl groups excluding tert-OH is 1. The van der Waals surface area contributed by atoms with Crippen molar-refractivity contribution in [1.29, 1.82) is 0 Å². The molecule has 0 unspecified atom stereocenters. The van der Waals surface area contributed by atoms with Gasteiger partial charge in [-0.25, -0.2) is 4.39 Å². The molecule has 6 aliphatic rings. The van der Waals surface area contributed by atoms with Gasteiger partial charge in [-0.1, -0.05) is 65.3 Å². The van der Waals surface area contributed by atoms with Crippen LogP contribution < -0.4 is 20.7 Å². The molecule has 60 heavy (non-hydrogen) atoms. The van der Waals surface area contributed by atoms with Crippen LogP contribution in [-0.2, 0) is 38.2 Å². The number of fused-ring (bicyclic) bond motifs is 7. The van der Waals surface area contributed by atoms with E-state index in [0.29, 0.717) is 61.6 Å². The Hall–Kier alpha value is -3.64. The molecule has 5 N–H and O–H groups in total. The van der Waals surface area contributed by atoms with Crippen molar-refractivity contribution in [2.75, 3.05) is 17.9 Å². The zero-order valence-corrected chi connectivity index (χ0v) is 36.1. The largest absolute Gasteiger partial charge is 0.490 e. The number of halogens is 2. The fourth-order valence-corrected chi connectivity index (χ4v) is 12.2. The summed E-state index contributed by atoms with van der Waals surface area (Å²) in [5.41, 5.74) is -1.09. The molecule has 1 aromatic carbocycles. The van der Waals surface area contributed by atoms with Gasteiger partial charge in [-0.15, -0.1) is 0 Å². The minimum absolute atomic E-state index is 0.0108. The highest BCUT2D eigenvalue weighted by atomic mass is 79.9. The van der Waals surface area contributed by atoms with Gasteiger partial charge in [0.05, 0.1) is 30.2 Å². The summed E-state index contributed by atoms with van der Waals surface area (Å²) in [6, 6.07) is 5.06. The second kappa shape index (κ2) is 18.0. The Kier molecular flexibility index (Phi) is 13.3. The van der Waals surface area contributed by atoms with Gasteiger partial charge in [0.1, 0.15) is 17.8 Å². The first kappa shape index (κ1) is 44.4. The van der Waals surface area contributed by atoms with Gasteiger partial charge < -0.3 is 40.4 Å². The van der Waals surface area contributed by atoms with Gasteiger partial charge >= 0.3 is 5.97 Å². The van der Waals surface area contributed by atoms with Gasteiger partial charge in [0, 0.05) is 34.8 Å². The van der Waals surface area contributed by atoms with Crippen molar-refractivity contribution in [3.8, 4) is 5.75 Å². The number of aliphatic carboxylic acids is 1. The molecule has 0 spiro atoms. The number of nitrogens with one attached hydrogen (secondary N) is 3. The third kappa shape index (κ3) is 8.45. The predicted molar refractivity (Wildman–Crippen MR) is 220 cm³/mol. The van der Waals surface area contributed by atoms with Crippen LogP contribution in [0, 0.1) is 28.6 Å². The molecule has 5 aliphatic carbocycles. The molecule has 17 heteroatoms. The van der Waals surface area contributed by atoms with Crippen LogP contribution in [0.15, 0.2) is 48.1 Å². The lowest BCUT2D eigenvalue weighted by atomic mass is 9.46. The van der Waals surface area contributed by atoms with E-state index in [1.54, 1.807) is 24.3 Å². The van der Waals surface area contributed by atoms with E-state index in [0.717, 1.165) is 12.0 Å². The third-order valence-electron chi connectivity index (χ3n) is 14.1. The number of carbonyl (C=O) groups is 6. The van der Waals surface area contributed by atoms with E-state index in [1.165, 1.54) is 0 Å². The van der Waals surface area contributed by atoms with Crippen molar-refractivity contribution in [3.63, 3.8) is 0 Å². The summed E-state index contributed by atoms with van der Waals surface area (Å²) >= 11 is 3.58. The van der Waals surface area contributed by atoms with E-state index in [2.05, 4.69) is 38.8 Å². The molecule has 7 rings (SSSR count). The number of thioether (sulfide) groups is 1. The number of hydrogen-bond donors (Lipinski definition) is 5. The molecule has 0 radical (unpaired) electrons. The summed E-state index contributed by atoms with van der Waals surface area (Å²) < 4.78 is 33.6. The number of allylic oxidation sites excluding steroid dienone is 4. The van der Waals surface area contributed by atoms with Crippen molar-refractivity contribution in [2.24, 2.45) is 28.6 Å². The molecular weight excluding hydrogens is 865 g/mol. The van der Waals surface area contributed by atoms with E-state index in [1.807, 2.05) is 25.1 Å². The molecule has 1 saturated heterocycles. The van der Waals surface area contributed by atoms with Crippen molar-refractivity contribution in [1.82, 2.24) is 16.0 Å². The first-order chi connectivity index (χ1) is 28.6. The molecule has 3 amide bonds. The maximum absolute atomic E-state index is 14.1. The standard InChI is InChI=1S/C43H53BrFN3O11S/c1-41-16-15-26(49)17-24(41)5-12-29-30-18-33-43(40(56)60-22-45,42(30,2)19-32(50)37(29)41)59-39(58-33)23-3-8-27(9-4-23)57-28-10-6-25(7-11-28)47-38(55)31(13-14-36(53)54)48-35(52)21-46-34(51)20-44/h3-4,8-9,15-17,25,28-33,37,39,50H,5-7,10-14,18-22H2,1-2H3,(H,46,51)(H,47,55)(H,48,52)(H,53,54)/t25?,28?,29-,30-,31-,32-,33+,37+,39+,41-,42-,43-/m0/s1. The number of carbonyl (C=O) groups excluding carboxylic acids is 5. The van der Waals surface area contributed by atoms with Gasteiger partial charge in [0.15, 0.2) is 17.7 Å². The number of benzene rings is 1. The molecular formula is C43H53BrFN3O11S. The highest BCUT2D eigenvalue weighted by Gasteiger charge is 2.76. The number of carboxylic acid groups (broad SMARTS) is 1. The lowest BCUT2D eigenvalue weighted by Crippen LogP contribution is -2.62. The van der Waals surface area contributed by atoms with E-state index in [-0.39, 0.29) is 66.8 Å². The molecule has 0 aromatic heterocycles. The highest BCUT2D eigenvalue weighted by molar-refractivity contribution is 9.09. The lowest BCUT2D eigenvalue weighted by molar-refractivity contribution is -0.194. The Labute approximate surface area is 360 Å². The van der Waals surface area contributed by atoms with Crippen LogP contribution in [0.4, 0.5) is 4.39 Å². The van der Waals surface area contributed by atoms with E-state index in [9.17, 15) is 38.3 Å². The number of ether oxygens (including phenoxy) is 3. The van der Waals surface area contributed by atoms with Gasteiger partial charge in [-0.05, 0) is 93.9 Å². The SMILES string of the molecule is C[C@]12C=CC(=O)C=C1CC[C@@H]1[C@@H]2[C@@H](O)C[C@@]2(C)[C@H]1C[C@H]1O[C@@H](c3ccc(OC4CCC(NC(=O)[C@H](CCC(=O)O)NC(=O)CNC(=O)CBr)CC4)cc3)O[C@]12C(=O)SCF. The lowest BCUT2D eigenvalue weighted by Gasteiger charge is -2.59. The first-order valence-corrected chi connectivity index (χ1v) is 22.8. The fourth-order valence-electron chi connectivity index (χ4n) is 11.3. The quantitative estimate of drug-likeness (QED) is 0.163. The minimum Gasteiger partial charge on any atom is -0.490 e. The number of aliphatic hydroxyl groups is 1. The fraction of sp³-hybridized carbons (Fsp3) is 0.628. The third-order valence-corrected chi connectivity index (χ3v) is 15.3. The molecule has 10 atom stereocenters. The number of rotatable bonds is 14. The zero-order chi connectivity index (χ0) is 43.0. The molecule has 1 aliphatic heterocycles. The Morgan fingerprint density at radius 1 is 1.07 bits per heavy atom. The monoisotopic (exact) mass is 917 g/mol. The van der Waals surface area contributed by atoms with Crippen molar-refractivity contribution in [3.05, 3.63) is 53.6 Å². The van der Waals surface area contributed by atoms with Crippen LogP contribution in [0.2, 0.25) is 0 Å². The molecule has 4 saturated carbocycles. The van der Waals surface area contributed by atoms with E-state index < -0.39 is 75.8 Å². The summed E-state index contributed by atoms with van der Waals surface area (Å²) in [4.78, 5) is 74.5. The summed E-state index contributed by atoms with van der Waals surface area (Å²) in [5.74, 6) is -2.18. The van der Waals surface area contributed by atoms with Crippen LogP contribution in [0.1, 0.15) is 89.9 Å². The van der Waals surface area contributed by atoms with Gasteiger partial charge in [-0.2, -0.15) is 0 Å². The van der Waals surface area contributed by atoms with Crippen molar-refractivity contribution in [2.45, 2.75) is 120 Å². The van der Waals surface area contributed by atoms with E-state index in [4.69, 9.17) is 19.3 Å². The van der Waals surface area contributed by atoms with Crippen LogP contribution in [0.5, 0.6) is 5.75 Å². The Balaban J connectivity index is 0.963. The second-order valence-corrected chi connectivity index (χ2v) is 18.9. The minimum atomic E-state index is -1.48. The van der Waals surface area contributed by atoms with Crippen LogP contribution >= 0.6 is 27.7 Å². The molecule has 1 aromatic rings. The first-order valence-electron chi connectivity index (χ1n) is 20.7. The topological polar surface area (TPSA) is 207 Å². The number of alkyl halides is 2. The maximum Gasteiger partial charge on any atom is 0.303 e. The predicted octanol–water partition coefficient (Wildman–Crippen LogP) is 4.58. The Morgan fingerprint density at radius 2 is 1.80 bits per heavy atom. The number of amides is 3. The summed E-state index contributed by atoms with van der Waals surface area (Å²) in [6.07, 6.45) is 7.05. The normalized spacial score (nSPS) is 35.8. The van der Waals surface area contributed by atoms with Crippen molar-refractivity contribution >= 4 is 62.3 Å². The number of carboxylic acids is 1. The summed E-state index contributed by atoms with van der Waals surface area (Å²) in [5, 5.41) is 28.5. The smallest absolute Gasteiger partial charge is 0.303 e. The summed E-state index contributed by atoms with van der Waals surface area (Å²) in [6.45, 7) is 3.74. The molecule has 14 nitrogen and oxygen atoms in total. The molecule has 1 heterocycles. The molecule has 326 valence electrons. The average Bonchev–Trinajstić information content (AvgIpc) is 3.72. The highest BCUT2D eigenvalue weighted by Crippen LogP contribution is 2.71. The van der Waals surface area contributed by atoms with Crippen LogP contribution in [0.25, 0.3) is 0 Å². The zero-order valence-electron chi connectivity index (χ0n) is 33.7. The van der Waals surface area contributed by atoms with Crippen molar-refractivity contribution < 1.29 is 57.6 Å². The van der Waals surface area contributed by atoms with Gasteiger partial charge in [0.2, 0.25) is 22.8 Å². The number of ketones is 1. The van der Waals surface area contributed by atoms with Crippen LogP contribution in [-0.4, -0.2) is 98.7 Å². The van der Waals surface area contributed by atoms with Crippen LogP contribution in [0.3, 0.4) is 0 Å². The number of hydrogen-bond acceptors (Lipinski definition) is 11. The average molecular weight is 919 g/mol. The summed E-state index contributed by atoms with van der Waals surface area (Å²) in [7, 11) is 0. The second-order valence-electron chi connectivity index (χ2n) is 17.4. The Bertz CT molecular complexity index is 1930. The molecule has 0 bridgehead atoms. The Morgan fingerprint density at radius 3 is 2.48 bits per heavy atom. The maximum atomic E-state index is 14.1.